The molecule has 0 saturated heterocycles. The summed E-state index contributed by atoms with van der Waals surface area (Å²) in [5.74, 6) is 1.17. The summed E-state index contributed by atoms with van der Waals surface area (Å²) in [6, 6.07) is 6.93. The number of benzene rings is 1. The number of anilines is 1. The second kappa shape index (κ2) is 4.46. The van der Waals surface area contributed by atoms with Crippen LogP contribution in [0.3, 0.4) is 0 Å². The van der Waals surface area contributed by atoms with Crippen molar-refractivity contribution in [1.29, 1.82) is 0 Å². The van der Waals surface area contributed by atoms with Gasteiger partial charge in [0.2, 0.25) is 0 Å². The Kier molecular flexibility index (Phi) is 3.20. The second-order valence-corrected chi connectivity index (χ2v) is 5.26. The van der Waals surface area contributed by atoms with Gasteiger partial charge in [0.15, 0.2) is 0 Å². The first-order valence-electron chi connectivity index (χ1n) is 6.22. The minimum absolute atomic E-state index is 0.278. The molecule has 0 amide bonds. The predicted octanol–water partition coefficient (Wildman–Crippen LogP) is 3.06. The van der Waals surface area contributed by atoms with E-state index < -0.39 is 0 Å². The Hall–Kier alpha value is -1.02. The molecule has 2 nitrogen and oxygen atoms in total. The molecule has 0 aliphatic carbocycles. The zero-order valence-corrected chi connectivity index (χ0v) is 10.5. The Morgan fingerprint density at radius 3 is 2.75 bits per heavy atom. The van der Waals surface area contributed by atoms with E-state index >= 15 is 0 Å². The van der Waals surface area contributed by atoms with E-state index in [9.17, 15) is 0 Å². The molecule has 0 saturated carbocycles. The van der Waals surface area contributed by atoms with Gasteiger partial charge in [-0.3, -0.25) is 0 Å². The topological polar surface area (TPSA) is 38.0 Å². The zero-order valence-electron chi connectivity index (χ0n) is 10.5. The van der Waals surface area contributed by atoms with Crippen LogP contribution in [-0.2, 0) is 0 Å². The standard InChI is InChI=1S/C14H22N2/c1-9(2)12-5-4-6-13-11(7-10(3)15)8-16-14(12)13/h4-6,9-11,16H,7-8,15H2,1-3H3. The SMILES string of the molecule is CC(N)CC1CNc2c(C(C)C)cccc21. The van der Waals surface area contributed by atoms with Gasteiger partial charge < -0.3 is 11.1 Å². The van der Waals surface area contributed by atoms with Crippen LogP contribution in [-0.4, -0.2) is 12.6 Å². The lowest BCUT2D eigenvalue weighted by atomic mass is 9.91. The van der Waals surface area contributed by atoms with Crippen molar-refractivity contribution in [3.63, 3.8) is 0 Å². The molecule has 1 aliphatic heterocycles. The first-order valence-corrected chi connectivity index (χ1v) is 6.22. The molecule has 1 aliphatic rings. The van der Waals surface area contributed by atoms with Crippen LogP contribution in [0, 0.1) is 0 Å². The van der Waals surface area contributed by atoms with Gasteiger partial charge in [0.1, 0.15) is 0 Å². The van der Waals surface area contributed by atoms with Gasteiger partial charge in [-0.05, 0) is 30.4 Å². The van der Waals surface area contributed by atoms with E-state index in [1.165, 1.54) is 16.8 Å². The quantitative estimate of drug-likeness (QED) is 0.818. The van der Waals surface area contributed by atoms with E-state index in [-0.39, 0.29) is 6.04 Å². The molecule has 1 aromatic rings. The molecular formula is C14H22N2. The normalized spacial score (nSPS) is 20.7. The lowest BCUT2D eigenvalue weighted by Gasteiger charge is -2.14. The van der Waals surface area contributed by atoms with Gasteiger partial charge >= 0.3 is 0 Å². The summed E-state index contributed by atoms with van der Waals surface area (Å²) in [6.07, 6.45) is 1.07. The van der Waals surface area contributed by atoms with Crippen LogP contribution in [0.1, 0.15) is 50.2 Å². The molecule has 0 bridgehead atoms. The Balaban J connectivity index is 2.30. The minimum atomic E-state index is 0.278. The highest BCUT2D eigenvalue weighted by Gasteiger charge is 2.25. The van der Waals surface area contributed by atoms with Crippen LogP contribution < -0.4 is 11.1 Å². The number of rotatable bonds is 3. The van der Waals surface area contributed by atoms with Gasteiger partial charge in [0, 0.05) is 24.2 Å². The summed E-state index contributed by atoms with van der Waals surface area (Å²) in [4.78, 5) is 0. The first kappa shape index (κ1) is 11.5. The highest BCUT2D eigenvalue weighted by molar-refractivity contribution is 5.64. The number of hydrogen-bond donors (Lipinski definition) is 2. The van der Waals surface area contributed by atoms with E-state index in [2.05, 4.69) is 44.3 Å². The summed E-state index contributed by atoms with van der Waals surface area (Å²) < 4.78 is 0. The summed E-state index contributed by atoms with van der Waals surface area (Å²) >= 11 is 0. The summed E-state index contributed by atoms with van der Waals surface area (Å²) in [7, 11) is 0. The third-order valence-electron chi connectivity index (χ3n) is 3.37. The molecule has 2 heteroatoms. The van der Waals surface area contributed by atoms with Crippen LogP contribution in [0.25, 0.3) is 0 Å². The Labute approximate surface area is 98.2 Å². The average molecular weight is 218 g/mol. The van der Waals surface area contributed by atoms with Crippen LogP contribution in [0.5, 0.6) is 0 Å². The molecule has 88 valence electrons. The molecule has 2 unspecified atom stereocenters. The lowest BCUT2D eigenvalue weighted by molar-refractivity contribution is 0.584. The predicted molar refractivity (Wildman–Crippen MR) is 70.0 cm³/mol. The fourth-order valence-electron chi connectivity index (χ4n) is 2.61. The molecule has 16 heavy (non-hydrogen) atoms. The van der Waals surface area contributed by atoms with Gasteiger partial charge in [0.05, 0.1) is 0 Å². The van der Waals surface area contributed by atoms with Crippen LogP contribution in [0.15, 0.2) is 18.2 Å². The molecule has 2 atom stereocenters. The minimum Gasteiger partial charge on any atom is -0.384 e. The van der Waals surface area contributed by atoms with E-state index in [0.29, 0.717) is 11.8 Å². The van der Waals surface area contributed by atoms with Crippen molar-refractivity contribution in [3.05, 3.63) is 29.3 Å². The number of nitrogens with one attached hydrogen (secondary N) is 1. The number of fused-ring (bicyclic) bond motifs is 1. The summed E-state index contributed by atoms with van der Waals surface area (Å²) in [5.41, 5.74) is 10.2. The van der Waals surface area contributed by atoms with Crippen molar-refractivity contribution in [2.75, 3.05) is 11.9 Å². The van der Waals surface area contributed by atoms with E-state index in [4.69, 9.17) is 5.73 Å². The molecular weight excluding hydrogens is 196 g/mol. The van der Waals surface area contributed by atoms with E-state index in [0.717, 1.165) is 13.0 Å². The van der Waals surface area contributed by atoms with Crippen molar-refractivity contribution in [3.8, 4) is 0 Å². The van der Waals surface area contributed by atoms with E-state index in [1.54, 1.807) is 0 Å². The average Bonchev–Trinajstić information content (AvgIpc) is 2.60. The van der Waals surface area contributed by atoms with Crippen LogP contribution in [0.2, 0.25) is 0 Å². The fourth-order valence-corrected chi connectivity index (χ4v) is 2.61. The largest absolute Gasteiger partial charge is 0.384 e. The third kappa shape index (κ3) is 2.07. The van der Waals surface area contributed by atoms with Crippen molar-refractivity contribution in [1.82, 2.24) is 0 Å². The molecule has 0 fully saturated rings. The smallest absolute Gasteiger partial charge is 0.0411 e. The maximum Gasteiger partial charge on any atom is 0.0411 e. The lowest BCUT2D eigenvalue weighted by Crippen LogP contribution is -2.19. The number of nitrogens with two attached hydrogens (primary N) is 1. The highest BCUT2D eigenvalue weighted by atomic mass is 14.9. The number of para-hydroxylation sites is 1. The Morgan fingerprint density at radius 1 is 1.38 bits per heavy atom. The monoisotopic (exact) mass is 218 g/mol. The van der Waals surface area contributed by atoms with Gasteiger partial charge in [-0.2, -0.15) is 0 Å². The van der Waals surface area contributed by atoms with Gasteiger partial charge in [-0.15, -0.1) is 0 Å². The van der Waals surface area contributed by atoms with Crippen LogP contribution >= 0.6 is 0 Å². The maximum absolute atomic E-state index is 5.90. The Bertz CT molecular complexity index is 369. The summed E-state index contributed by atoms with van der Waals surface area (Å²) in [6.45, 7) is 7.62. The molecule has 2 rings (SSSR count). The fraction of sp³-hybridized carbons (Fsp3) is 0.571. The zero-order chi connectivity index (χ0) is 11.7. The second-order valence-electron chi connectivity index (χ2n) is 5.26. The van der Waals surface area contributed by atoms with Crippen molar-refractivity contribution < 1.29 is 0 Å². The third-order valence-corrected chi connectivity index (χ3v) is 3.37. The summed E-state index contributed by atoms with van der Waals surface area (Å²) in [5, 5.41) is 3.55. The van der Waals surface area contributed by atoms with Gasteiger partial charge in [0.25, 0.3) is 0 Å². The molecule has 0 radical (unpaired) electrons. The van der Waals surface area contributed by atoms with Gasteiger partial charge in [-0.25, -0.2) is 0 Å². The molecule has 1 aromatic carbocycles. The van der Waals surface area contributed by atoms with Crippen molar-refractivity contribution >= 4 is 5.69 Å². The van der Waals surface area contributed by atoms with Gasteiger partial charge in [-0.1, -0.05) is 32.0 Å². The highest BCUT2D eigenvalue weighted by Crippen LogP contribution is 2.38. The Morgan fingerprint density at radius 2 is 2.12 bits per heavy atom. The molecule has 3 N–H and O–H groups in total. The molecule has 0 spiro atoms. The van der Waals surface area contributed by atoms with Crippen molar-refractivity contribution in [2.24, 2.45) is 5.73 Å². The van der Waals surface area contributed by atoms with Crippen molar-refractivity contribution in [2.45, 2.75) is 45.1 Å². The number of hydrogen-bond acceptors (Lipinski definition) is 2. The van der Waals surface area contributed by atoms with Crippen LogP contribution in [0.4, 0.5) is 5.69 Å². The molecule has 0 aromatic heterocycles. The first-order chi connectivity index (χ1) is 7.59. The maximum atomic E-state index is 5.90. The molecule has 1 heterocycles. The van der Waals surface area contributed by atoms with E-state index in [1.807, 2.05) is 0 Å².